The number of hydrogen-bond donors (Lipinski definition) is 0. The molecule has 2 fully saturated rings. The third kappa shape index (κ3) is 1.58. The van der Waals surface area contributed by atoms with Gasteiger partial charge in [0.1, 0.15) is 0 Å². The zero-order valence-electron chi connectivity index (χ0n) is 12.8. The molecule has 1 aliphatic heterocycles. The number of rotatable bonds is 1. The summed E-state index contributed by atoms with van der Waals surface area (Å²) >= 11 is 0. The number of benzene rings is 1. The maximum atomic E-state index is 13.0. The average molecular weight is 304 g/mol. The second-order valence-electron chi connectivity index (χ2n) is 6.81. The van der Waals surface area contributed by atoms with E-state index >= 15 is 0 Å². The molecule has 4 heteroatoms. The first-order valence-electron chi connectivity index (χ1n) is 8.07. The minimum absolute atomic E-state index is 0.0346. The molecule has 2 aromatic rings. The number of fused-ring (bicyclic) bond motifs is 6. The van der Waals surface area contributed by atoms with Crippen molar-refractivity contribution in [2.75, 3.05) is 4.90 Å². The van der Waals surface area contributed by atoms with Gasteiger partial charge in [-0.2, -0.15) is 0 Å². The topological polar surface area (TPSA) is 50.3 Å². The van der Waals surface area contributed by atoms with E-state index in [2.05, 4.69) is 17.1 Å². The molecular weight excluding hydrogens is 288 g/mol. The Bertz CT molecular complexity index is 871. The standard InChI is InChI=1S/C19H16N2O2/c1-10-8-15(13-4-2-3-5-14(13)20-10)21-18(22)16-11-6-7-12(9-11)17(16)19(21)23/h2-8,11-12,16-17H,9H2,1H3/t11-,12+,16+,17-. The van der Waals surface area contributed by atoms with Gasteiger partial charge in [-0.3, -0.25) is 14.6 Å². The van der Waals surface area contributed by atoms with E-state index < -0.39 is 0 Å². The number of carbonyl (C=O) groups excluding carboxylic acids is 2. The van der Waals surface area contributed by atoms with Crippen LogP contribution in [0.15, 0.2) is 42.5 Å². The summed E-state index contributed by atoms with van der Waals surface area (Å²) in [5.41, 5.74) is 2.33. The van der Waals surface area contributed by atoms with Gasteiger partial charge < -0.3 is 0 Å². The van der Waals surface area contributed by atoms with Gasteiger partial charge in [-0.15, -0.1) is 0 Å². The number of pyridine rings is 1. The molecule has 2 bridgehead atoms. The van der Waals surface area contributed by atoms with Crippen molar-refractivity contribution in [3.8, 4) is 0 Å². The van der Waals surface area contributed by atoms with Gasteiger partial charge in [-0.25, -0.2) is 4.90 Å². The number of imide groups is 1. The Kier molecular flexibility index (Phi) is 2.42. The van der Waals surface area contributed by atoms with E-state index in [1.165, 1.54) is 4.90 Å². The maximum Gasteiger partial charge on any atom is 0.238 e. The second-order valence-corrected chi connectivity index (χ2v) is 6.81. The van der Waals surface area contributed by atoms with Crippen molar-refractivity contribution in [1.82, 2.24) is 4.98 Å². The van der Waals surface area contributed by atoms with Crippen LogP contribution in [0, 0.1) is 30.6 Å². The number of para-hydroxylation sites is 1. The number of allylic oxidation sites excluding steroid dienone is 2. The number of hydrogen-bond acceptors (Lipinski definition) is 3. The van der Waals surface area contributed by atoms with Crippen molar-refractivity contribution >= 4 is 28.4 Å². The van der Waals surface area contributed by atoms with Crippen molar-refractivity contribution in [3.05, 3.63) is 48.2 Å². The number of aromatic nitrogens is 1. The predicted octanol–water partition coefficient (Wildman–Crippen LogP) is 2.85. The molecule has 0 N–H and O–H groups in total. The van der Waals surface area contributed by atoms with E-state index in [4.69, 9.17) is 0 Å². The highest BCUT2D eigenvalue weighted by molar-refractivity contribution is 6.25. The van der Waals surface area contributed by atoms with Crippen molar-refractivity contribution in [3.63, 3.8) is 0 Å². The first kappa shape index (κ1) is 13.0. The van der Waals surface area contributed by atoms with E-state index in [9.17, 15) is 9.59 Å². The van der Waals surface area contributed by atoms with E-state index in [0.29, 0.717) is 5.69 Å². The summed E-state index contributed by atoms with van der Waals surface area (Å²) in [7, 11) is 0. The highest BCUT2D eigenvalue weighted by Gasteiger charge is 2.59. The zero-order chi connectivity index (χ0) is 15.7. The second kappa shape index (κ2) is 4.28. The molecule has 2 heterocycles. The van der Waals surface area contributed by atoms with Gasteiger partial charge >= 0.3 is 0 Å². The summed E-state index contributed by atoms with van der Waals surface area (Å²) in [5.74, 6) is 0.0796. The molecule has 0 radical (unpaired) electrons. The van der Waals surface area contributed by atoms with Crippen LogP contribution in [0.1, 0.15) is 12.1 Å². The Hall–Kier alpha value is -2.49. The minimum atomic E-state index is -0.162. The lowest BCUT2D eigenvalue weighted by molar-refractivity contribution is -0.123. The highest BCUT2D eigenvalue weighted by Crippen LogP contribution is 2.53. The van der Waals surface area contributed by atoms with Crippen LogP contribution in [0.3, 0.4) is 0 Å². The summed E-state index contributed by atoms with van der Waals surface area (Å²) in [5, 5.41) is 0.861. The number of carbonyl (C=O) groups is 2. The maximum absolute atomic E-state index is 13.0. The minimum Gasteiger partial charge on any atom is -0.274 e. The summed E-state index contributed by atoms with van der Waals surface area (Å²) in [6.45, 7) is 1.90. The van der Waals surface area contributed by atoms with Crippen molar-refractivity contribution in [2.45, 2.75) is 13.3 Å². The lowest BCUT2D eigenvalue weighted by Crippen LogP contribution is -2.33. The Morgan fingerprint density at radius 1 is 1.04 bits per heavy atom. The van der Waals surface area contributed by atoms with Crippen LogP contribution in [-0.2, 0) is 9.59 Å². The van der Waals surface area contributed by atoms with Crippen LogP contribution >= 0.6 is 0 Å². The van der Waals surface area contributed by atoms with E-state index in [-0.39, 0.29) is 35.5 Å². The molecule has 4 atom stereocenters. The van der Waals surface area contributed by atoms with E-state index in [1.54, 1.807) is 0 Å². The Morgan fingerprint density at radius 3 is 2.39 bits per heavy atom. The van der Waals surface area contributed by atoms with Gasteiger partial charge in [0.2, 0.25) is 11.8 Å². The molecule has 0 spiro atoms. The number of aryl methyl sites for hydroxylation is 1. The summed E-state index contributed by atoms with van der Waals surface area (Å²) in [6, 6.07) is 9.54. The number of nitrogens with zero attached hydrogens (tertiary/aromatic N) is 2. The fourth-order valence-corrected chi connectivity index (χ4v) is 4.61. The Morgan fingerprint density at radius 2 is 1.70 bits per heavy atom. The van der Waals surface area contributed by atoms with Crippen LogP contribution in [0.25, 0.3) is 10.9 Å². The SMILES string of the molecule is Cc1cc(N2C(=O)[C@@H]3[C@H](C2=O)[C@H]2C=C[C@@H]3C2)c2ccccc2n1. The van der Waals surface area contributed by atoms with Crippen LogP contribution in [0.4, 0.5) is 5.69 Å². The van der Waals surface area contributed by atoms with Crippen molar-refractivity contribution < 1.29 is 9.59 Å². The Balaban J connectivity index is 1.69. The molecule has 1 saturated carbocycles. The summed E-state index contributed by atoms with van der Waals surface area (Å²) in [4.78, 5) is 31.9. The average Bonchev–Trinajstić information content (AvgIpc) is 3.21. The predicted molar refractivity (Wildman–Crippen MR) is 86.7 cm³/mol. The quantitative estimate of drug-likeness (QED) is 0.601. The van der Waals surface area contributed by atoms with Crippen LogP contribution < -0.4 is 4.90 Å². The normalized spacial score (nSPS) is 31.4. The van der Waals surface area contributed by atoms with Gasteiger partial charge in [-0.05, 0) is 37.3 Å². The Labute approximate surface area is 133 Å². The smallest absolute Gasteiger partial charge is 0.238 e. The molecule has 114 valence electrons. The molecule has 23 heavy (non-hydrogen) atoms. The largest absolute Gasteiger partial charge is 0.274 e. The lowest BCUT2D eigenvalue weighted by atomic mass is 9.85. The fraction of sp³-hybridized carbons (Fsp3) is 0.316. The van der Waals surface area contributed by atoms with Gasteiger partial charge in [-0.1, -0.05) is 30.4 Å². The molecule has 4 nitrogen and oxygen atoms in total. The van der Waals surface area contributed by atoms with Gasteiger partial charge in [0.05, 0.1) is 23.0 Å². The molecule has 2 amide bonds. The number of amides is 2. The fourth-order valence-electron chi connectivity index (χ4n) is 4.61. The molecule has 1 aromatic heterocycles. The first-order valence-corrected chi connectivity index (χ1v) is 8.07. The van der Waals surface area contributed by atoms with E-state index in [0.717, 1.165) is 23.0 Å². The molecule has 1 aromatic carbocycles. The third-order valence-corrected chi connectivity index (χ3v) is 5.53. The summed E-state index contributed by atoms with van der Waals surface area (Å²) < 4.78 is 0. The van der Waals surface area contributed by atoms with Crippen molar-refractivity contribution in [2.24, 2.45) is 23.7 Å². The lowest BCUT2D eigenvalue weighted by Gasteiger charge is -2.19. The molecular formula is C19H16N2O2. The monoisotopic (exact) mass is 304 g/mol. The van der Waals surface area contributed by atoms with Crippen LogP contribution in [0.2, 0.25) is 0 Å². The van der Waals surface area contributed by atoms with E-state index in [1.807, 2.05) is 37.3 Å². The molecule has 5 rings (SSSR count). The first-order chi connectivity index (χ1) is 11.1. The van der Waals surface area contributed by atoms with Crippen LogP contribution in [0.5, 0.6) is 0 Å². The van der Waals surface area contributed by atoms with Gasteiger partial charge in [0.15, 0.2) is 0 Å². The molecule has 3 aliphatic rings. The van der Waals surface area contributed by atoms with Crippen LogP contribution in [-0.4, -0.2) is 16.8 Å². The number of anilines is 1. The molecule has 0 unspecified atom stereocenters. The molecule has 1 saturated heterocycles. The molecule has 2 aliphatic carbocycles. The van der Waals surface area contributed by atoms with Gasteiger partial charge in [0.25, 0.3) is 0 Å². The van der Waals surface area contributed by atoms with Gasteiger partial charge in [0, 0.05) is 11.1 Å². The third-order valence-electron chi connectivity index (χ3n) is 5.53. The highest BCUT2D eigenvalue weighted by atomic mass is 16.2. The summed E-state index contributed by atoms with van der Waals surface area (Å²) in [6.07, 6.45) is 5.20. The van der Waals surface area contributed by atoms with Crippen molar-refractivity contribution in [1.29, 1.82) is 0 Å². The zero-order valence-corrected chi connectivity index (χ0v) is 12.8.